The van der Waals surface area contributed by atoms with Crippen LogP contribution in [-0.4, -0.2) is 37.3 Å². The van der Waals surface area contributed by atoms with Gasteiger partial charge in [-0.25, -0.2) is 8.78 Å². The van der Waals surface area contributed by atoms with Gasteiger partial charge in [0, 0.05) is 17.5 Å². The van der Waals surface area contributed by atoms with Crippen LogP contribution in [0.5, 0.6) is 11.5 Å². The van der Waals surface area contributed by atoms with Crippen molar-refractivity contribution in [3.8, 4) is 11.5 Å². The third kappa shape index (κ3) is 4.35. The summed E-state index contributed by atoms with van der Waals surface area (Å²) in [7, 11) is 3.15. The van der Waals surface area contributed by atoms with Gasteiger partial charge in [0.25, 0.3) is 0 Å². The minimum atomic E-state index is -0.648. The molecule has 1 fully saturated rings. The van der Waals surface area contributed by atoms with E-state index in [0.717, 1.165) is 36.2 Å². The molecule has 144 valence electrons. The van der Waals surface area contributed by atoms with Gasteiger partial charge in [-0.15, -0.1) is 11.8 Å². The molecule has 1 heterocycles. The van der Waals surface area contributed by atoms with Gasteiger partial charge in [-0.1, -0.05) is 6.07 Å². The molecule has 1 amide bonds. The molecule has 1 unspecified atom stereocenters. The van der Waals surface area contributed by atoms with Gasteiger partial charge in [-0.2, -0.15) is 0 Å². The van der Waals surface area contributed by atoms with Crippen molar-refractivity contribution in [2.75, 3.05) is 26.5 Å². The Morgan fingerprint density at radius 3 is 2.63 bits per heavy atom. The number of hydrogen-bond donors (Lipinski definition) is 0. The lowest BCUT2D eigenvalue weighted by atomic mass is 10.0. The molecule has 0 radical (unpaired) electrons. The maximum Gasteiger partial charge on any atom is 0.233 e. The number of carbonyl (C=O) groups is 1. The Bertz CT molecular complexity index is 831. The Labute approximate surface area is 161 Å². The Hall–Kier alpha value is -2.28. The molecule has 27 heavy (non-hydrogen) atoms. The number of halogens is 2. The predicted molar refractivity (Wildman–Crippen MR) is 100 cm³/mol. The number of hydrogen-bond acceptors (Lipinski definition) is 4. The number of nitrogens with zero attached hydrogens (tertiary/aromatic N) is 1. The monoisotopic (exact) mass is 393 g/mol. The SMILES string of the molecule is COc1ccc(C2CCCN2C(=O)CSc2ccc(F)cc2F)cc1OC. The number of benzene rings is 2. The third-order valence-electron chi connectivity index (χ3n) is 4.61. The van der Waals surface area contributed by atoms with Gasteiger partial charge in [-0.05, 0) is 42.7 Å². The zero-order valence-corrected chi connectivity index (χ0v) is 16.0. The minimum Gasteiger partial charge on any atom is -0.493 e. The van der Waals surface area contributed by atoms with Crippen LogP contribution in [0.4, 0.5) is 8.78 Å². The summed E-state index contributed by atoms with van der Waals surface area (Å²) in [5.41, 5.74) is 0.983. The summed E-state index contributed by atoms with van der Waals surface area (Å²) >= 11 is 1.08. The van der Waals surface area contributed by atoms with Crippen LogP contribution in [0.1, 0.15) is 24.4 Å². The molecule has 0 aliphatic carbocycles. The smallest absolute Gasteiger partial charge is 0.233 e. The molecule has 0 spiro atoms. The highest BCUT2D eigenvalue weighted by atomic mass is 32.2. The number of amides is 1. The number of carbonyl (C=O) groups excluding carboxylic acids is 1. The molecule has 0 aromatic heterocycles. The molecule has 0 bridgehead atoms. The van der Waals surface area contributed by atoms with Crippen LogP contribution < -0.4 is 9.47 Å². The molecule has 2 aromatic carbocycles. The number of ether oxygens (including phenoxy) is 2. The second-order valence-corrected chi connectivity index (χ2v) is 7.24. The van der Waals surface area contributed by atoms with Crippen molar-refractivity contribution in [3.63, 3.8) is 0 Å². The van der Waals surface area contributed by atoms with E-state index in [1.54, 1.807) is 14.2 Å². The van der Waals surface area contributed by atoms with Gasteiger partial charge >= 0.3 is 0 Å². The van der Waals surface area contributed by atoms with E-state index in [4.69, 9.17) is 9.47 Å². The maximum absolute atomic E-state index is 13.8. The molecule has 4 nitrogen and oxygen atoms in total. The lowest BCUT2D eigenvalue weighted by Gasteiger charge is -2.25. The number of thioether (sulfide) groups is 1. The van der Waals surface area contributed by atoms with Crippen molar-refractivity contribution in [2.24, 2.45) is 0 Å². The van der Waals surface area contributed by atoms with Gasteiger partial charge in [0.2, 0.25) is 5.91 Å². The molecule has 1 atom stereocenters. The fraction of sp³-hybridized carbons (Fsp3) is 0.350. The van der Waals surface area contributed by atoms with E-state index in [-0.39, 0.29) is 22.6 Å². The zero-order valence-electron chi connectivity index (χ0n) is 15.2. The standard InChI is InChI=1S/C20H21F2NO3S/c1-25-17-7-5-13(10-18(17)26-2)16-4-3-9-23(16)20(24)12-27-19-8-6-14(21)11-15(19)22/h5-8,10-11,16H,3-4,9,12H2,1-2H3. The maximum atomic E-state index is 13.8. The molecular formula is C20H21F2NO3S. The summed E-state index contributed by atoms with van der Waals surface area (Å²) in [5.74, 6) is 0.0197. The lowest BCUT2D eigenvalue weighted by molar-refractivity contribution is -0.129. The summed E-state index contributed by atoms with van der Waals surface area (Å²) in [4.78, 5) is 14.8. The van der Waals surface area contributed by atoms with Crippen molar-refractivity contribution in [3.05, 3.63) is 53.6 Å². The van der Waals surface area contributed by atoms with Crippen LogP contribution in [0.2, 0.25) is 0 Å². The molecule has 0 saturated carbocycles. The fourth-order valence-electron chi connectivity index (χ4n) is 3.29. The Morgan fingerprint density at radius 2 is 1.93 bits per heavy atom. The first-order valence-corrected chi connectivity index (χ1v) is 9.61. The number of methoxy groups -OCH3 is 2. The summed E-state index contributed by atoms with van der Waals surface area (Å²) in [6.07, 6.45) is 1.76. The minimum absolute atomic E-state index is 0.0454. The van der Waals surface area contributed by atoms with Gasteiger partial charge in [0.05, 0.1) is 26.0 Å². The molecule has 3 rings (SSSR count). The van der Waals surface area contributed by atoms with Crippen LogP contribution in [0.25, 0.3) is 0 Å². The molecule has 1 aliphatic rings. The van der Waals surface area contributed by atoms with Crippen molar-refractivity contribution in [1.29, 1.82) is 0 Å². The fourth-order valence-corrected chi connectivity index (χ4v) is 4.09. The third-order valence-corrected chi connectivity index (χ3v) is 5.64. The summed E-state index contributed by atoms with van der Waals surface area (Å²) in [6, 6.07) is 8.99. The highest BCUT2D eigenvalue weighted by molar-refractivity contribution is 8.00. The van der Waals surface area contributed by atoms with Gasteiger partial charge in [0.15, 0.2) is 11.5 Å². The Kier molecular flexibility index (Phi) is 6.21. The quantitative estimate of drug-likeness (QED) is 0.681. The van der Waals surface area contributed by atoms with Crippen molar-refractivity contribution < 1.29 is 23.0 Å². The molecule has 2 aromatic rings. The van der Waals surface area contributed by atoms with Crippen molar-refractivity contribution in [2.45, 2.75) is 23.8 Å². The largest absolute Gasteiger partial charge is 0.493 e. The van der Waals surface area contributed by atoms with Crippen LogP contribution in [0.15, 0.2) is 41.3 Å². The van der Waals surface area contributed by atoms with Crippen LogP contribution >= 0.6 is 11.8 Å². The molecular weight excluding hydrogens is 372 g/mol. The molecule has 1 aliphatic heterocycles. The average molecular weight is 393 g/mol. The first-order chi connectivity index (χ1) is 13.0. The van der Waals surface area contributed by atoms with Crippen molar-refractivity contribution in [1.82, 2.24) is 4.90 Å². The summed E-state index contributed by atoms with van der Waals surface area (Å²) < 4.78 is 37.4. The second-order valence-electron chi connectivity index (χ2n) is 6.22. The van der Waals surface area contributed by atoms with E-state index in [1.807, 2.05) is 23.1 Å². The molecule has 0 N–H and O–H groups in total. The van der Waals surface area contributed by atoms with Crippen LogP contribution in [0, 0.1) is 11.6 Å². The van der Waals surface area contributed by atoms with E-state index < -0.39 is 11.6 Å². The van der Waals surface area contributed by atoms with Crippen LogP contribution in [-0.2, 0) is 4.79 Å². The zero-order chi connectivity index (χ0) is 19.4. The first-order valence-electron chi connectivity index (χ1n) is 8.62. The van der Waals surface area contributed by atoms with Gasteiger partial charge in [-0.3, -0.25) is 4.79 Å². The van der Waals surface area contributed by atoms with Gasteiger partial charge in [0.1, 0.15) is 11.6 Å². The first kappa shape index (κ1) is 19.5. The predicted octanol–water partition coefficient (Wildman–Crippen LogP) is 4.44. The topological polar surface area (TPSA) is 38.8 Å². The van der Waals surface area contributed by atoms with E-state index in [0.29, 0.717) is 18.0 Å². The van der Waals surface area contributed by atoms with Crippen molar-refractivity contribution >= 4 is 17.7 Å². The lowest BCUT2D eigenvalue weighted by Crippen LogP contribution is -2.32. The summed E-state index contributed by atoms with van der Waals surface area (Å²) in [5, 5.41) is 0. The number of rotatable bonds is 6. The Balaban J connectivity index is 1.71. The second kappa shape index (κ2) is 8.61. The van der Waals surface area contributed by atoms with E-state index >= 15 is 0 Å². The van der Waals surface area contributed by atoms with E-state index in [2.05, 4.69) is 0 Å². The number of likely N-dealkylation sites (tertiary alicyclic amines) is 1. The Morgan fingerprint density at radius 1 is 1.15 bits per heavy atom. The van der Waals surface area contributed by atoms with Gasteiger partial charge < -0.3 is 14.4 Å². The molecule has 7 heteroatoms. The highest BCUT2D eigenvalue weighted by Gasteiger charge is 2.30. The van der Waals surface area contributed by atoms with Crippen LogP contribution in [0.3, 0.4) is 0 Å². The molecule has 1 saturated heterocycles. The average Bonchev–Trinajstić information content (AvgIpc) is 3.16. The summed E-state index contributed by atoms with van der Waals surface area (Å²) in [6.45, 7) is 0.657. The highest BCUT2D eigenvalue weighted by Crippen LogP contribution is 2.37. The van der Waals surface area contributed by atoms with E-state index in [1.165, 1.54) is 12.1 Å². The van der Waals surface area contributed by atoms with E-state index in [9.17, 15) is 13.6 Å². The normalized spacial score (nSPS) is 16.4.